The van der Waals surface area contributed by atoms with Crippen LogP contribution in [0.25, 0.3) is 0 Å². The maximum Gasteiger partial charge on any atom is 0.242 e. The van der Waals surface area contributed by atoms with Crippen molar-refractivity contribution in [3.8, 4) is 0 Å². The average Bonchev–Trinajstić information content (AvgIpc) is 2.47. The van der Waals surface area contributed by atoms with E-state index in [-0.39, 0.29) is 10.9 Å². The largest absolute Gasteiger partial charge is 0.323 e. The maximum absolute atomic E-state index is 12.4. The highest BCUT2D eigenvalue weighted by atomic mass is 32.2. The fraction of sp³-hybridized carbons (Fsp3) is 0.200. The van der Waals surface area contributed by atoms with Gasteiger partial charge in [0.1, 0.15) is 4.90 Å². The van der Waals surface area contributed by atoms with E-state index in [0.717, 1.165) is 5.56 Å². The summed E-state index contributed by atoms with van der Waals surface area (Å²) in [5.74, 6) is 5.36. The highest BCUT2D eigenvalue weighted by Gasteiger charge is 2.20. The lowest BCUT2D eigenvalue weighted by atomic mass is 10.1. The van der Waals surface area contributed by atoms with Crippen LogP contribution in [0.15, 0.2) is 59.5 Å². The minimum atomic E-state index is -3.61. The zero-order valence-electron chi connectivity index (χ0n) is 11.8. The minimum Gasteiger partial charge on any atom is -0.323 e. The molecule has 21 heavy (non-hydrogen) atoms. The van der Waals surface area contributed by atoms with Crippen LogP contribution in [0.5, 0.6) is 0 Å². The molecule has 0 aliphatic rings. The monoisotopic (exact) mass is 305 g/mol. The molecule has 0 spiro atoms. The Hall–Kier alpha value is -1.89. The van der Waals surface area contributed by atoms with Gasteiger partial charge in [-0.2, -0.15) is 0 Å². The van der Waals surface area contributed by atoms with Gasteiger partial charge in [0.2, 0.25) is 10.0 Å². The number of hydrazine groups is 1. The lowest BCUT2D eigenvalue weighted by Gasteiger charge is -2.16. The van der Waals surface area contributed by atoms with Gasteiger partial charge in [-0.3, -0.25) is 5.84 Å². The Balaban J connectivity index is 2.14. The van der Waals surface area contributed by atoms with Crippen molar-refractivity contribution in [2.45, 2.75) is 24.3 Å². The molecule has 0 saturated heterocycles. The van der Waals surface area contributed by atoms with Crippen LogP contribution in [0.2, 0.25) is 0 Å². The van der Waals surface area contributed by atoms with Gasteiger partial charge in [-0.1, -0.05) is 42.5 Å². The fourth-order valence-electron chi connectivity index (χ4n) is 2.16. The van der Waals surface area contributed by atoms with Gasteiger partial charge in [0, 0.05) is 6.04 Å². The maximum atomic E-state index is 12.4. The second-order valence-electron chi connectivity index (χ2n) is 4.85. The molecule has 2 aromatic carbocycles. The molecular weight excluding hydrogens is 286 g/mol. The van der Waals surface area contributed by atoms with Crippen LogP contribution in [0.3, 0.4) is 0 Å². The Labute approximate surface area is 125 Å². The summed E-state index contributed by atoms with van der Waals surface area (Å²) in [6, 6.07) is 16.1. The van der Waals surface area contributed by atoms with Crippen molar-refractivity contribution in [1.82, 2.24) is 4.72 Å². The summed E-state index contributed by atoms with van der Waals surface area (Å²) in [6.45, 7) is 1.84. The van der Waals surface area contributed by atoms with Crippen molar-refractivity contribution in [2.75, 3.05) is 5.43 Å². The molecule has 6 heteroatoms. The molecule has 5 nitrogen and oxygen atoms in total. The molecule has 0 aliphatic heterocycles. The molecule has 1 atom stereocenters. The first-order valence-electron chi connectivity index (χ1n) is 6.65. The second-order valence-corrected chi connectivity index (χ2v) is 6.53. The number of nitrogens with two attached hydrogens (primary N) is 1. The lowest BCUT2D eigenvalue weighted by Crippen LogP contribution is -2.34. The van der Waals surface area contributed by atoms with Gasteiger partial charge in [-0.25, -0.2) is 13.1 Å². The fourth-order valence-corrected chi connectivity index (χ4v) is 3.57. The zero-order chi connectivity index (χ0) is 15.3. The summed E-state index contributed by atoms with van der Waals surface area (Å²) in [4.78, 5) is 0.146. The Kier molecular flexibility index (Phi) is 4.95. The molecule has 0 radical (unpaired) electrons. The van der Waals surface area contributed by atoms with E-state index in [4.69, 9.17) is 5.84 Å². The lowest BCUT2D eigenvalue weighted by molar-refractivity contribution is 0.560. The van der Waals surface area contributed by atoms with E-state index in [1.165, 1.54) is 6.07 Å². The van der Waals surface area contributed by atoms with Gasteiger partial charge in [0.15, 0.2) is 0 Å². The molecule has 0 heterocycles. The van der Waals surface area contributed by atoms with Crippen molar-refractivity contribution in [1.29, 1.82) is 0 Å². The SMILES string of the molecule is CC(Cc1ccccc1)NS(=O)(=O)c1ccccc1NN. The van der Waals surface area contributed by atoms with E-state index in [0.29, 0.717) is 12.1 Å². The van der Waals surface area contributed by atoms with E-state index in [1.54, 1.807) is 18.2 Å². The molecule has 2 rings (SSSR count). The zero-order valence-corrected chi connectivity index (χ0v) is 12.6. The summed E-state index contributed by atoms with van der Waals surface area (Å²) < 4.78 is 27.5. The van der Waals surface area contributed by atoms with Crippen LogP contribution in [-0.4, -0.2) is 14.5 Å². The molecule has 0 amide bonds. The number of sulfonamides is 1. The quantitative estimate of drug-likeness (QED) is 0.562. The van der Waals surface area contributed by atoms with Gasteiger partial charge in [0.05, 0.1) is 5.69 Å². The molecule has 1 unspecified atom stereocenters. The van der Waals surface area contributed by atoms with Gasteiger partial charge in [-0.05, 0) is 31.0 Å². The molecule has 2 aromatic rings. The van der Waals surface area contributed by atoms with Crippen LogP contribution in [0.4, 0.5) is 5.69 Å². The van der Waals surface area contributed by atoms with Crippen LogP contribution in [0.1, 0.15) is 12.5 Å². The predicted octanol–water partition coefficient (Wildman–Crippen LogP) is 1.88. The van der Waals surface area contributed by atoms with Crippen molar-refractivity contribution < 1.29 is 8.42 Å². The van der Waals surface area contributed by atoms with E-state index < -0.39 is 10.0 Å². The van der Waals surface area contributed by atoms with Crippen LogP contribution < -0.4 is 16.0 Å². The molecule has 112 valence electrons. The summed E-state index contributed by atoms with van der Waals surface area (Å²) in [5.41, 5.74) is 3.86. The first kappa shape index (κ1) is 15.5. The average molecular weight is 305 g/mol. The summed E-state index contributed by atoms with van der Waals surface area (Å²) in [6.07, 6.45) is 0.623. The number of para-hydroxylation sites is 1. The second kappa shape index (κ2) is 6.71. The van der Waals surface area contributed by atoms with E-state index in [9.17, 15) is 8.42 Å². The number of nitrogen functional groups attached to an aromatic ring is 1. The van der Waals surface area contributed by atoms with E-state index in [2.05, 4.69) is 10.1 Å². The summed E-state index contributed by atoms with van der Waals surface area (Å²) in [5, 5.41) is 0. The number of anilines is 1. The molecule has 0 bridgehead atoms. The topological polar surface area (TPSA) is 84.2 Å². The number of benzene rings is 2. The van der Waals surface area contributed by atoms with E-state index in [1.807, 2.05) is 37.3 Å². The summed E-state index contributed by atoms with van der Waals surface area (Å²) >= 11 is 0. The molecule has 0 aliphatic carbocycles. The highest BCUT2D eigenvalue weighted by Crippen LogP contribution is 2.20. The highest BCUT2D eigenvalue weighted by molar-refractivity contribution is 7.89. The van der Waals surface area contributed by atoms with E-state index >= 15 is 0 Å². The summed E-state index contributed by atoms with van der Waals surface area (Å²) in [7, 11) is -3.61. The Morgan fingerprint density at radius 2 is 1.67 bits per heavy atom. The normalized spacial score (nSPS) is 12.9. The minimum absolute atomic E-state index is 0.146. The molecule has 4 N–H and O–H groups in total. The first-order valence-corrected chi connectivity index (χ1v) is 8.13. The third-order valence-electron chi connectivity index (χ3n) is 3.07. The van der Waals surface area contributed by atoms with Gasteiger partial charge in [-0.15, -0.1) is 0 Å². The molecule has 0 fully saturated rings. The van der Waals surface area contributed by atoms with Gasteiger partial charge >= 0.3 is 0 Å². The number of hydrogen-bond acceptors (Lipinski definition) is 4. The van der Waals surface area contributed by atoms with Crippen LogP contribution >= 0.6 is 0 Å². The third-order valence-corrected chi connectivity index (χ3v) is 4.72. The molecule has 0 aromatic heterocycles. The third kappa shape index (κ3) is 4.04. The van der Waals surface area contributed by atoms with Crippen molar-refractivity contribution in [3.63, 3.8) is 0 Å². The molecule has 0 saturated carbocycles. The smallest absolute Gasteiger partial charge is 0.242 e. The Morgan fingerprint density at radius 3 is 2.33 bits per heavy atom. The van der Waals surface area contributed by atoms with Crippen molar-refractivity contribution in [2.24, 2.45) is 5.84 Å². The molecular formula is C15H19N3O2S. The number of rotatable bonds is 6. The van der Waals surface area contributed by atoms with Crippen LogP contribution in [-0.2, 0) is 16.4 Å². The standard InChI is InChI=1S/C15H19N3O2S/c1-12(11-13-7-3-2-4-8-13)18-21(19,20)15-10-6-5-9-14(15)17-16/h2-10,12,17-18H,11,16H2,1H3. The van der Waals surface area contributed by atoms with Crippen molar-refractivity contribution in [3.05, 3.63) is 60.2 Å². The van der Waals surface area contributed by atoms with Crippen molar-refractivity contribution >= 4 is 15.7 Å². The first-order chi connectivity index (χ1) is 10.0. The van der Waals surface area contributed by atoms with Gasteiger partial charge < -0.3 is 5.43 Å². The Bertz CT molecular complexity index is 687. The predicted molar refractivity (Wildman–Crippen MR) is 84.2 cm³/mol. The van der Waals surface area contributed by atoms with Gasteiger partial charge in [0.25, 0.3) is 0 Å². The Morgan fingerprint density at radius 1 is 1.05 bits per heavy atom. The number of hydrogen-bond donors (Lipinski definition) is 3. The van der Waals surface area contributed by atoms with Crippen LogP contribution in [0, 0.1) is 0 Å². The number of nitrogens with one attached hydrogen (secondary N) is 2.